The average molecular weight is 202 g/mol. The summed E-state index contributed by atoms with van der Waals surface area (Å²) < 4.78 is 0.932. The minimum absolute atomic E-state index is 0.751. The first-order valence-electron chi connectivity index (χ1n) is 4.31. The number of hydrogen-bond acceptors (Lipinski definition) is 2. The molecule has 1 aliphatic rings. The molecule has 0 spiro atoms. The predicted octanol–water partition coefficient (Wildman–Crippen LogP) is 3.04. The van der Waals surface area contributed by atoms with E-state index in [-0.39, 0.29) is 0 Å². The normalized spacial score (nSPS) is 17.8. The Balaban J connectivity index is 1.82. The number of nitrogens with one attached hydrogen (secondary N) is 1. The van der Waals surface area contributed by atoms with Crippen LogP contribution in [-0.2, 0) is 6.54 Å². The van der Waals surface area contributed by atoms with Gasteiger partial charge >= 0.3 is 0 Å². The van der Waals surface area contributed by atoms with E-state index in [9.17, 15) is 0 Å². The third kappa shape index (κ3) is 1.82. The maximum Gasteiger partial charge on any atom is 0.0973 e. The smallest absolute Gasteiger partial charge is 0.0973 e. The number of rotatable bonds is 3. The van der Waals surface area contributed by atoms with Gasteiger partial charge in [0.05, 0.1) is 4.34 Å². The molecule has 3 heteroatoms. The van der Waals surface area contributed by atoms with Crippen LogP contribution in [0.25, 0.3) is 0 Å². The Morgan fingerprint density at radius 2 is 2.42 bits per heavy atom. The standard InChI is InChI=1S/C9H12ClNS/c10-9-7(4-5-12-9)6-11-8-2-1-3-8/h4-5,8,11H,1-3,6H2. The molecule has 0 amide bonds. The minimum atomic E-state index is 0.751. The molecule has 0 unspecified atom stereocenters. The fraction of sp³-hybridized carbons (Fsp3) is 0.556. The summed E-state index contributed by atoms with van der Waals surface area (Å²) in [6.45, 7) is 0.937. The van der Waals surface area contributed by atoms with Crippen molar-refractivity contribution in [1.29, 1.82) is 0 Å². The van der Waals surface area contributed by atoms with Crippen molar-refractivity contribution in [2.45, 2.75) is 31.8 Å². The fourth-order valence-electron chi connectivity index (χ4n) is 1.31. The molecule has 1 fully saturated rings. The second-order valence-corrected chi connectivity index (χ2v) is 4.75. The summed E-state index contributed by atoms with van der Waals surface area (Å²) >= 11 is 7.57. The predicted molar refractivity (Wildman–Crippen MR) is 53.8 cm³/mol. The van der Waals surface area contributed by atoms with Crippen LogP contribution in [0, 0.1) is 0 Å². The van der Waals surface area contributed by atoms with Crippen LogP contribution < -0.4 is 5.32 Å². The molecule has 0 aromatic carbocycles. The molecule has 2 rings (SSSR count). The zero-order valence-electron chi connectivity index (χ0n) is 6.85. The maximum atomic E-state index is 5.96. The molecule has 1 aromatic heterocycles. The Morgan fingerprint density at radius 3 is 2.92 bits per heavy atom. The van der Waals surface area contributed by atoms with E-state index in [0.29, 0.717) is 0 Å². The third-order valence-corrected chi connectivity index (χ3v) is 3.63. The van der Waals surface area contributed by atoms with Crippen molar-refractivity contribution in [3.63, 3.8) is 0 Å². The van der Waals surface area contributed by atoms with Gasteiger partial charge in [0.1, 0.15) is 0 Å². The van der Waals surface area contributed by atoms with Crippen molar-refractivity contribution in [2.24, 2.45) is 0 Å². The van der Waals surface area contributed by atoms with E-state index in [2.05, 4.69) is 11.4 Å². The van der Waals surface area contributed by atoms with Gasteiger partial charge in [-0.15, -0.1) is 11.3 Å². The molecule has 0 bridgehead atoms. The van der Waals surface area contributed by atoms with Gasteiger partial charge in [-0.2, -0.15) is 0 Å². The molecule has 66 valence electrons. The van der Waals surface area contributed by atoms with E-state index < -0.39 is 0 Å². The van der Waals surface area contributed by atoms with Crippen molar-refractivity contribution in [3.8, 4) is 0 Å². The quantitative estimate of drug-likeness (QED) is 0.793. The molecule has 1 saturated carbocycles. The van der Waals surface area contributed by atoms with Gasteiger partial charge in [-0.3, -0.25) is 0 Å². The van der Waals surface area contributed by atoms with E-state index >= 15 is 0 Å². The third-order valence-electron chi connectivity index (χ3n) is 2.38. The molecule has 0 aliphatic heterocycles. The number of halogens is 1. The zero-order chi connectivity index (χ0) is 8.39. The monoisotopic (exact) mass is 201 g/mol. The van der Waals surface area contributed by atoms with Gasteiger partial charge < -0.3 is 5.32 Å². The van der Waals surface area contributed by atoms with Gasteiger partial charge in [0.15, 0.2) is 0 Å². The van der Waals surface area contributed by atoms with Crippen LogP contribution in [0.3, 0.4) is 0 Å². The minimum Gasteiger partial charge on any atom is -0.310 e. The Labute approximate surface area is 81.7 Å². The van der Waals surface area contributed by atoms with E-state index in [0.717, 1.165) is 16.9 Å². The molecular formula is C9H12ClNS. The highest BCUT2D eigenvalue weighted by Crippen LogP contribution is 2.24. The van der Waals surface area contributed by atoms with E-state index in [1.54, 1.807) is 11.3 Å². The lowest BCUT2D eigenvalue weighted by Gasteiger charge is -2.26. The van der Waals surface area contributed by atoms with Crippen LogP contribution in [0.15, 0.2) is 11.4 Å². The van der Waals surface area contributed by atoms with E-state index in [4.69, 9.17) is 11.6 Å². The summed E-state index contributed by atoms with van der Waals surface area (Å²) in [5.74, 6) is 0. The van der Waals surface area contributed by atoms with Crippen LogP contribution in [0.1, 0.15) is 24.8 Å². The highest BCUT2D eigenvalue weighted by atomic mass is 35.5. The summed E-state index contributed by atoms with van der Waals surface area (Å²) in [5, 5.41) is 5.53. The van der Waals surface area contributed by atoms with Gasteiger partial charge in [-0.1, -0.05) is 18.0 Å². The Hall–Kier alpha value is -0.0500. The molecule has 1 aromatic rings. The highest BCUT2D eigenvalue weighted by molar-refractivity contribution is 7.14. The molecule has 1 nitrogen and oxygen atoms in total. The first kappa shape index (κ1) is 8.54. The van der Waals surface area contributed by atoms with Crippen LogP contribution in [-0.4, -0.2) is 6.04 Å². The maximum absolute atomic E-state index is 5.96. The fourth-order valence-corrected chi connectivity index (χ4v) is 2.24. The Morgan fingerprint density at radius 1 is 1.58 bits per heavy atom. The van der Waals surface area contributed by atoms with Crippen LogP contribution in [0.5, 0.6) is 0 Å². The van der Waals surface area contributed by atoms with Crippen LogP contribution in [0.2, 0.25) is 4.34 Å². The lowest BCUT2D eigenvalue weighted by Crippen LogP contribution is -2.34. The second kappa shape index (κ2) is 3.77. The highest BCUT2D eigenvalue weighted by Gasteiger charge is 2.16. The molecule has 12 heavy (non-hydrogen) atoms. The molecule has 1 aliphatic carbocycles. The first-order valence-corrected chi connectivity index (χ1v) is 5.57. The molecular weight excluding hydrogens is 190 g/mol. The lowest BCUT2D eigenvalue weighted by molar-refractivity contribution is 0.338. The van der Waals surface area contributed by atoms with Gasteiger partial charge in [0.25, 0.3) is 0 Å². The number of thiophene rings is 1. The summed E-state index contributed by atoms with van der Waals surface area (Å²) in [6, 6.07) is 2.85. The largest absolute Gasteiger partial charge is 0.310 e. The van der Waals surface area contributed by atoms with Crippen LogP contribution >= 0.6 is 22.9 Å². The van der Waals surface area contributed by atoms with Crippen LogP contribution in [0.4, 0.5) is 0 Å². The van der Waals surface area contributed by atoms with Crippen molar-refractivity contribution >= 4 is 22.9 Å². The van der Waals surface area contributed by atoms with Gasteiger partial charge in [-0.25, -0.2) is 0 Å². The summed E-state index contributed by atoms with van der Waals surface area (Å²) in [4.78, 5) is 0. The van der Waals surface area contributed by atoms with Gasteiger partial charge in [-0.05, 0) is 29.9 Å². The summed E-state index contributed by atoms with van der Waals surface area (Å²) in [7, 11) is 0. The van der Waals surface area contributed by atoms with Crippen molar-refractivity contribution in [2.75, 3.05) is 0 Å². The van der Waals surface area contributed by atoms with E-state index in [1.807, 2.05) is 5.38 Å². The lowest BCUT2D eigenvalue weighted by atomic mass is 9.93. The molecule has 1 N–H and O–H groups in total. The first-order chi connectivity index (χ1) is 5.86. The Kier molecular flexibility index (Phi) is 2.69. The molecule has 0 atom stereocenters. The van der Waals surface area contributed by atoms with Crippen molar-refractivity contribution in [1.82, 2.24) is 5.32 Å². The van der Waals surface area contributed by atoms with Crippen molar-refractivity contribution in [3.05, 3.63) is 21.3 Å². The average Bonchev–Trinajstić information content (AvgIpc) is 2.33. The Bertz CT molecular complexity index is 255. The molecule has 0 saturated heterocycles. The SMILES string of the molecule is Clc1sccc1CNC1CCC1. The van der Waals surface area contributed by atoms with Gasteiger partial charge in [0.2, 0.25) is 0 Å². The van der Waals surface area contributed by atoms with Crippen molar-refractivity contribution < 1.29 is 0 Å². The van der Waals surface area contributed by atoms with E-state index in [1.165, 1.54) is 24.8 Å². The number of hydrogen-bond donors (Lipinski definition) is 1. The zero-order valence-corrected chi connectivity index (χ0v) is 8.42. The molecule has 1 heterocycles. The van der Waals surface area contributed by atoms with Gasteiger partial charge in [0, 0.05) is 12.6 Å². The summed E-state index contributed by atoms with van der Waals surface area (Å²) in [6.07, 6.45) is 4.05. The topological polar surface area (TPSA) is 12.0 Å². The summed E-state index contributed by atoms with van der Waals surface area (Å²) in [5.41, 5.74) is 1.24. The molecule has 0 radical (unpaired) electrons. The second-order valence-electron chi connectivity index (χ2n) is 3.23.